The zero-order valence-corrected chi connectivity index (χ0v) is 14.5. The number of hydrogen-bond donors (Lipinski definition) is 0. The summed E-state index contributed by atoms with van der Waals surface area (Å²) >= 11 is 0. The number of hydrogen-bond acceptors (Lipinski definition) is 2. The van der Waals surface area contributed by atoms with Crippen LogP contribution in [0.4, 0.5) is 8.78 Å². The Morgan fingerprint density at radius 1 is 1.15 bits per heavy atom. The maximum absolute atomic E-state index is 13.9. The fourth-order valence-corrected chi connectivity index (χ4v) is 3.43. The van der Waals surface area contributed by atoms with Crippen LogP contribution in [0.5, 0.6) is 5.75 Å². The van der Waals surface area contributed by atoms with Crippen LogP contribution in [-0.4, -0.2) is 23.5 Å². The Bertz CT molecular complexity index is 833. The predicted octanol–water partition coefficient (Wildman–Crippen LogP) is 4.02. The predicted molar refractivity (Wildman–Crippen MR) is 93.9 cm³/mol. The monoisotopic (exact) mass is 357 g/mol. The van der Waals surface area contributed by atoms with Crippen LogP contribution in [0.3, 0.4) is 0 Å². The molecule has 5 heteroatoms. The molecule has 0 radical (unpaired) electrons. The molecule has 0 unspecified atom stereocenters. The average molecular weight is 357 g/mol. The number of carbonyl (C=O) groups excluding carboxylic acids is 1. The summed E-state index contributed by atoms with van der Waals surface area (Å²) in [6, 6.07) is 9.79. The summed E-state index contributed by atoms with van der Waals surface area (Å²) in [5.74, 6) is -0.238. The minimum Gasteiger partial charge on any atom is -0.493 e. The third-order valence-corrected chi connectivity index (χ3v) is 5.05. The van der Waals surface area contributed by atoms with Crippen LogP contribution in [0.1, 0.15) is 36.0 Å². The number of aryl methyl sites for hydroxylation is 1. The topological polar surface area (TPSA) is 29.5 Å². The van der Waals surface area contributed by atoms with Crippen molar-refractivity contribution in [2.24, 2.45) is 0 Å². The molecule has 3 nitrogen and oxygen atoms in total. The lowest BCUT2D eigenvalue weighted by Gasteiger charge is -2.23. The van der Waals surface area contributed by atoms with Crippen molar-refractivity contribution in [1.82, 2.24) is 4.90 Å². The van der Waals surface area contributed by atoms with Crippen LogP contribution >= 0.6 is 0 Å². The summed E-state index contributed by atoms with van der Waals surface area (Å²) in [4.78, 5) is 14.5. The Hall–Kier alpha value is -2.43. The van der Waals surface area contributed by atoms with Gasteiger partial charge in [-0.2, -0.15) is 0 Å². The second-order valence-corrected chi connectivity index (χ2v) is 7.03. The number of nitrogens with zero attached hydrogens (tertiary/aromatic N) is 1. The molecule has 26 heavy (non-hydrogen) atoms. The summed E-state index contributed by atoms with van der Waals surface area (Å²) in [7, 11) is 0. The third kappa shape index (κ3) is 3.71. The summed E-state index contributed by atoms with van der Waals surface area (Å²) < 4.78 is 32.5. The standard InChI is InChI=1S/C21H21F2NO2/c22-17-4-3-16(19(23)12-17)13-24(18-5-6-18)21(25)8-2-14-1-7-20-15(11-14)9-10-26-20/h1,3-4,7,11-12,18H,2,5-6,8-10,13H2. The zero-order chi connectivity index (χ0) is 18.1. The van der Waals surface area contributed by atoms with Gasteiger partial charge in [0.15, 0.2) is 0 Å². The van der Waals surface area contributed by atoms with E-state index in [9.17, 15) is 13.6 Å². The molecule has 1 saturated carbocycles. The van der Waals surface area contributed by atoms with Crippen molar-refractivity contribution in [2.75, 3.05) is 6.61 Å². The molecule has 0 bridgehead atoms. The van der Waals surface area contributed by atoms with E-state index >= 15 is 0 Å². The zero-order valence-electron chi connectivity index (χ0n) is 14.5. The molecule has 1 heterocycles. The molecular formula is C21H21F2NO2. The molecule has 1 fully saturated rings. The Kier molecular flexibility index (Phi) is 4.62. The maximum atomic E-state index is 13.9. The van der Waals surface area contributed by atoms with Crippen LogP contribution < -0.4 is 4.74 Å². The molecule has 2 aromatic rings. The van der Waals surface area contributed by atoms with Crippen LogP contribution in [-0.2, 0) is 24.2 Å². The molecule has 0 atom stereocenters. The van der Waals surface area contributed by atoms with Gasteiger partial charge in [-0.25, -0.2) is 8.78 Å². The molecule has 1 amide bonds. The molecule has 4 rings (SSSR count). The first-order chi connectivity index (χ1) is 12.6. The van der Waals surface area contributed by atoms with E-state index < -0.39 is 11.6 Å². The van der Waals surface area contributed by atoms with Crippen molar-refractivity contribution in [3.8, 4) is 5.75 Å². The highest BCUT2D eigenvalue weighted by Crippen LogP contribution is 2.30. The van der Waals surface area contributed by atoms with E-state index in [1.807, 2.05) is 12.1 Å². The lowest BCUT2D eigenvalue weighted by molar-refractivity contribution is -0.132. The molecule has 1 aliphatic heterocycles. The maximum Gasteiger partial charge on any atom is 0.223 e. The minimum absolute atomic E-state index is 0.0213. The van der Waals surface area contributed by atoms with Gasteiger partial charge < -0.3 is 9.64 Å². The number of ether oxygens (including phenoxy) is 1. The molecule has 0 spiro atoms. The van der Waals surface area contributed by atoms with Crippen molar-refractivity contribution in [3.63, 3.8) is 0 Å². The molecule has 2 aromatic carbocycles. The SMILES string of the molecule is O=C(CCc1ccc2c(c1)CCO2)N(Cc1ccc(F)cc1F)C1CC1. The highest BCUT2D eigenvalue weighted by Gasteiger charge is 2.32. The second-order valence-electron chi connectivity index (χ2n) is 7.03. The Morgan fingerprint density at radius 3 is 2.77 bits per heavy atom. The lowest BCUT2D eigenvalue weighted by Crippen LogP contribution is -2.33. The van der Waals surface area contributed by atoms with E-state index in [0.717, 1.165) is 43.2 Å². The van der Waals surface area contributed by atoms with Gasteiger partial charge in [0.2, 0.25) is 5.91 Å². The number of fused-ring (bicyclic) bond motifs is 1. The Balaban J connectivity index is 1.41. The Labute approximate surface area is 151 Å². The fourth-order valence-electron chi connectivity index (χ4n) is 3.43. The van der Waals surface area contributed by atoms with E-state index in [2.05, 4.69) is 6.07 Å². The molecular weight excluding hydrogens is 336 g/mol. The van der Waals surface area contributed by atoms with Gasteiger partial charge in [0.25, 0.3) is 0 Å². The molecule has 0 N–H and O–H groups in total. The third-order valence-electron chi connectivity index (χ3n) is 5.05. The van der Waals surface area contributed by atoms with Crippen molar-refractivity contribution in [3.05, 3.63) is 64.7 Å². The van der Waals surface area contributed by atoms with Gasteiger partial charge in [-0.05, 0) is 42.5 Å². The minimum atomic E-state index is -0.601. The van der Waals surface area contributed by atoms with Gasteiger partial charge >= 0.3 is 0 Å². The fraction of sp³-hybridized carbons (Fsp3) is 0.381. The van der Waals surface area contributed by atoms with E-state index in [-0.39, 0.29) is 18.5 Å². The van der Waals surface area contributed by atoms with Crippen LogP contribution in [0.15, 0.2) is 36.4 Å². The van der Waals surface area contributed by atoms with E-state index in [4.69, 9.17) is 4.74 Å². The van der Waals surface area contributed by atoms with Gasteiger partial charge in [0, 0.05) is 37.1 Å². The smallest absolute Gasteiger partial charge is 0.223 e. The first kappa shape index (κ1) is 17.0. The highest BCUT2D eigenvalue weighted by molar-refractivity contribution is 5.77. The molecule has 136 valence electrons. The molecule has 0 aromatic heterocycles. The highest BCUT2D eigenvalue weighted by atomic mass is 19.1. The summed E-state index contributed by atoms with van der Waals surface area (Å²) in [5.41, 5.74) is 2.68. The van der Waals surface area contributed by atoms with Gasteiger partial charge in [-0.1, -0.05) is 18.2 Å². The van der Waals surface area contributed by atoms with Crippen molar-refractivity contribution in [2.45, 2.75) is 44.7 Å². The van der Waals surface area contributed by atoms with Crippen LogP contribution in [0, 0.1) is 11.6 Å². The van der Waals surface area contributed by atoms with Crippen LogP contribution in [0.2, 0.25) is 0 Å². The van der Waals surface area contributed by atoms with Gasteiger partial charge in [0.1, 0.15) is 17.4 Å². The molecule has 2 aliphatic rings. The number of carbonyl (C=O) groups is 1. The summed E-state index contributed by atoms with van der Waals surface area (Å²) in [6.07, 6.45) is 3.85. The normalized spacial score (nSPS) is 15.5. The largest absolute Gasteiger partial charge is 0.493 e. The van der Waals surface area contributed by atoms with Gasteiger partial charge in [-0.3, -0.25) is 4.79 Å². The number of halogens is 2. The number of amides is 1. The van der Waals surface area contributed by atoms with Crippen molar-refractivity contribution >= 4 is 5.91 Å². The second kappa shape index (κ2) is 7.06. The van der Waals surface area contributed by atoms with Crippen molar-refractivity contribution in [1.29, 1.82) is 0 Å². The molecule has 0 saturated heterocycles. The molecule has 1 aliphatic carbocycles. The van der Waals surface area contributed by atoms with E-state index in [1.165, 1.54) is 17.7 Å². The average Bonchev–Trinajstić information content (AvgIpc) is 3.35. The van der Waals surface area contributed by atoms with Crippen molar-refractivity contribution < 1.29 is 18.3 Å². The summed E-state index contributed by atoms with van der Waals surface area (Å²) in [6.45, 7) is 0.921. The van der Waals surface area contributed by atoms with E-state index in [1.54, 1.807) is 4.90 Å². The van der Waals surface area contributed by atoms with Gasteiger partial charge in [-0.15, -0.1) is 0 Å². The quantitative estimate of drug-likeness (QED) is 0.781. The first-order valence-electron chi connectivity index (χ1n) is 9.08. The lowest BCUT2D eigenvalue weighted by atomic mass is 10.0. The number of benzene rings is 2. The van der Waals surface area contributed by atoms with Gasteiger partial charge in [0.05, 0.1) is 6.61 Å². The number of rotatable bonds is 6. The van der Waals surface area contributed by atoms with E-state index in [0.29, 0.717) is 18.4 Å². The Morgan fingerprint density at radius 2 is 2.00 bits per heavy atom. The summed E-state index contributed by atoms with van der Waals surface area (Å²) in [5, 5.41) is 0. The first-order valence-corrected chi connectivity index (χ1v) is 9.08. The van der Waals surface area contributed by atoms with Crippen LogP contribution in [0.25, 0.3) is 0 Å².